The number of nitrogens with zero attached hydrogens (tertiary/aromatic N) is 1. The molecule has 0 spiro atoms. The zero-order valence-electron chi connectivity index (χ0n) is 13.2. The molecule has 0 radical (unpaired) electrons. The van der Waals surface area contributed by atoms with Gasteiger partial charge >= 0.3 is 0 Å². The van der Waals surface area contributed by atoms with E-state index in [1.807, 2.05) is 0 Å². The molecule has 1 aromatic rings. The van der Waals surface area contributed by atoms with E-state index < -0.39 is 0 Å². The molecule has 0 saturated carbocycles. The van der Waals surface area contributed by atoms with E-state index >= 15 is 0 Å². The van der Waals surface area contributed by atoms with E-state index in [-0.39, 0.29) is 11.9 Å². The van der Waals surface area contributed by atoms with Crippen LogP contribution in [0.25, 0.3) is 0 Å². The smallest absolute Gasteiger partial charge is 0.240 e. The van der Waals surface area contributed by atoms with Gasteiger partial charge in [0.1, 0.15) is 6.04 Å². The van der Waals surface area contributed by atoms with Crippen LogP contribution in [-0.4, -0.2) is 25.0 Å². The average Bonchev–Trinajstić information content (AvgIpc) is 2.48. The fourth-order valence-electron chi connectivity index (χ4n) is 3.05. The fraction of sp³-hybridized carbons (Fsp3) is 0.588. The van der Waals surface area contributed by atoms with Crippen LogP contribution < -0.4 is 16.0 Å². The molecule has 116 valence electrons. The van der Waals surface area contributed by atoms with Crippen LogP contribution in [0.15, 0.2) is 18.2 Å². The number of piperidine rings is 1. The highest BCUT2D eigenvalue weighted by molar-refractivity contribution is 5.84. The number of primary amides is 1. The van der Waals surface area contributed by atoms with Crippen molar-refractivity contribution in [3.05, 3.63) is 29.3 Å². The van der Waals surface area contributed by atoms with Crippen LogP contribution in [0.1, 0.15) is 43.7 Å². The van der Waals surface area contributed by atoms with Gasteiger partial charge in [0.15, 0.2) is 0 Å². The second-order valence-corrected chi connectivity index (χ2v) is 5.92. The summed E-state index contributed by atoms with van der Waals surface area (Å²) in [5.74, 6) is -0.206. The third-order valence-corrected chi connectivity index (χ3v) is 4.12. The molecule has 1 aliphatic rings. The maximum atomic E-state index is 11.7. The van der Waals surface area contributed by atoms with E-state index in [1.165, 1.54) is 11.1 Å². The van der Waals surface area contributed by atoms with Crippen molar-refractivity contribution in [2.45, 2.75) is 52.1 Å². The lowest BCUT2D eigenvalue weighted by molar-refractivity contribution is -0.119. The van der Waals surface area contributed by atoms with Crippen LogP contribution in [0.2, 0.25) is 0 Å². The molecule has 1 amide bonds. The molecule has 1 fully saturated rings. The van der Waals surface area contributed by atoms with Gasteiger partial charge < -0.3 is 16.0 Å². The zero-order chi connectivity index (χ0) is 15.2. The van der Waals surface area contributed by atoms with Crippen molar-refractivity contribution in [1.29, 1.82) is 0 Å². The summed E-state index contributed by atoms with van der Waals surface area (Å²) in [5.41, 5.74) is 9.27. The molecule has 0 bridgehead atoms. The van der Waals surface area contributed by atoms with E-state index in [9.17, 15) is 4.79 Å². The molecule has 0 aromatic heterocycles. The number of aryl methyl sites for hydroxylation is 1. The summed E-state index contributed by atoms with van der Waals surface area (Å²) in [6, 6.07) is 6.31. The lowest BCUT2D eigenvalue weighted by Crippen LogP contribution is -2.48. The van der Waals surface area contributed by atoms with E-state index in [4.69, 9.17) is 5.73 Å². The lowest BCUT2D eigenvalue weighted by atomic mass is 9.98. The molecule has 1 atom stereocenters. The normalized spacial score (nSPS) is 18.8. The van der Waals surface area contributed by atoms with Crippen molar-refractivity contribution < 1.29 is 4.79 Å². The Morgan fingerprint density at radius 2 is 2.24 bits per heavy atom. The number of carbonyl (C=O) groups excluding carboxylic acids is 1. The van der Waals surface area contributed by atoms with E-state index in [1.54, 1.807) is 0 Å². The summed E-state index contributed by atoms with van der Waals surface area (Å²) in [6.45, 7) is 7.03. The summed E-state index contributed by atoms with van der Waals surface area (Å²) in [6.07, 6.45) is 4.19. The van der Waals surface area contributed by atoms with Gasteiger partial charge in [-0.3, -0.25) is 4.79 Å². The maximum absolute atomic E-state index is 11.7. The van der Waals surface area contributed by atoms with Crippen molar-refractivity contribution in [2.24, 2.45) is 5.73 Å². The van der Waals surface area contributed by atoms with Gasteiger partial charge in [-0.15, -0.1) is 0 Å². The van der Waals surface area contributed by atoms with Gasteiger partial charge in [0, 0.05) is 18.8 Å². The average molecular weight is 289 g/mol. The summed E-state index contributed by atoms with van der Waals surface area (Å²) in [4.78, 5) is 13.9. The highest BCUT2D eigenvalue weighted by atomic mass is 16.1. The van der Waals surface area contributed by atoms with E-state index in [0.29, 0.717) is 0 Å². The Kier molecular flexibility index (Phi) is 5.62. The van der Waals surface area contributed by atoms with Crippen molar-refractivity contribution in [3.63, 3.8) is 0 Å². The number of hydrogen-bond donors (Lipinski definition) is 2. The van der Waals surface area contributed by atoms with E-state index in [2.05, 4.69) is 42.3 Å². The van der Waals surface area contributed by atoms with Crippen LogP contribution in [0.4, 0.5) is 5.69 Å². The summed E-state index contributed by atoms with van der Waals surface area (Å²) in [5, 5.41) is 3.46. The molecule has 1 aliphatic heterocycles. The Labute approximate surface area is 127 Å². The molecule has 1 heterocycles. The minimum absolute atomic E-state index is 0.161. The zero-order valence-corrected chi connectivity index (χ0v) is 13.2. The highest BCUT2D eigenvalue weighted by Crippen LogP contribution is 2.28. The number of anilines is 1. The molecular formula is C17H27N3O. The summed E-state index contributed by atoms with van der Waals surface area (Å²) in [7, 11) is 0. The Morgan fingerprint density at radius 1 is 1.43 bits per heavy atom. The molecule has 1 saturated heterocycles. The minimum atomic E-state index is -0.206. The van der Waals surface area contributed by atoms with Crippen LogP contribution >= 0.6 is 0 Å². The van der Waals surface area contributed by atoms with Gasteiger partial charge in [-0.25, -0.2) is 0 Å². The van der Waals surface area contributed by atoms with Crippen LogP contribution in [0, 0.1) is 6.92 Å². The number of benzene rings is 1. The standard InChI is InChI=1S/C17H27N3O/c1-3-9-19-12-14-11-13(2)7-8-15(14)20-10-5-4-6-16(20)17(18)21/h7-8,11,16,19H,3-6,9-10,12H2,1-2H3,(H2,18,21). The predicted octanol–water partition coefficient (Wildman–Crippen LogP) is 2.34. The van der Waals surface area contributed by atoms with Gasteiger partial charge in [0.05, 0.1) is 0 Å². The Balaban J connectivity index is 2.25. The van der Waals surface area contributed by atoms with E-state index in [0.717, 1.165) is 51.0 Å². The first-order valence-corrected chi connectivity index (χ1v) is 7.99. The van der Waals surface area contributed by atoms with Crippen molar-refractivity contribution in [1.82, 2.24) is 5.32 Å². The monoisotopic (exact) mass is 289 g/mol. The SMILES string of the molecule is CCCNCc1cc(C)ccc1N1CCCCC1C(N)=O. The molecule has 1 aromatic carbocycles. The third-order valence-electron chi connectivity index (χ3n) is 4.12. The quantitative estimate of drug-likeness (QED) is 0.790. The second kappa shape index (κ2) is 7.46. The molecule has 1 unspecified atom stereocenters. The molecule has 0 aliphatic carbocycles. The first-order chi connectivity index (χ1) is 10.1. The van der Waals surface area contributed by atoms with Gasteiger partial charge in [-0.1, -0.05) is 24.6 Å². The van der Waals surface area contributed by atoms with Crippen molar-refractivity contribution in [2.75, 3.05) is 18.0 Å². The molecule has 4 heteroatoms. The first-order valence-electron chi connectivity index (χ1n) is 7.99. The highest BCUT2D eigenvalue weighted by Gasteiger charge is 2.28. The number of nitrogens with two attached hydrogens (primary N) is 1. The number of carbonyl (C=O) groups is 1. The Hall–Kier alpha value is -1.55. The van der Waals surface area contributed by atoms with Gasteiger partial charge in [0.25, 0.3) is 0 Å². The van der Waals surface area contributed by atoms with Crippen LogP contribution in [0.5, 0.6) is 0 Å². The molecule has 21 heavy (non-hydrogen) atoms. The number of rotatable bonds is 6. The largest absolute Gasteiger partial charge is 0.368 e. The van der Waals surface area contributed by atoms with Gasteiger partial charge in [-0.05, 0) is 50.8 Å². The number of nitrogens with one attached hydrogen (secondary N) is 1. The molecular weight excluding hydrogens is 262 g/mol. The topological polar surface area (TPSA) is 58.4 Å². The molecule has 3 N–H and O–H groups in total. The van der Waals surface area contributed by atoms with Crippen molar-refractivity contribution in [3.8, 4) is 0 Å². The van der Waals surface area contributed by atoms with Crippen LogP contribution in [0.3, 0.4) is 0 Å². The van der Waals surface area contributed by atoms with Gasteiger partial charge in [-0.2, -0.15) is 0 Å². The predicted molar refractivity (Wildman–Crippen MR) is 87.4 cm³/mol. The summed E-state index contributed by atoms with van der Waals surface area (Å²) < 4.78 is 0. The lowest BCUT2D eigenvalue weighted by Gasteiger charge is -2.37. The van der Waals surface area contributed by atoms with Gasteiger partial charge in [0.2, 0.25) is 5.91 Å². The molecule has 4 nitrogen and oxygen atoms in total. The summed E-state index contributed by atoms with van der Waals surface area (Å²) >= 11 is 0. The fourth-order valence-corrected chi connectivity index (χ4v) is 3.05. The minimum Gasteiger partial charge on any atom is -0.368 e. The maximum Gasteiger partial charge on any atom is 0.240 e. The third kappa shape index (κ3) is 3.97. The Bertz CT molecular complexity index is 487. The second-order valence-electron chi connectivity index (χ2n) is 5.92. The van der Waals surface area contributed by atoms with Crippen LogP contribution in [-0.2, 0) is 11.3 Å². The Morgan fingerprint density at radius 3 is 2.95 bits per heavy atom. The van der Waals surface area contributed by atoms with Crippen molar-refractivity contribution >= 4 is 11.6 Å². The first kappa shape index (κ1) is 15.8. The molecule has 2 rings (SSSR count). The number of hydrogen-bond acceptors (Lipinski definition) is 3. The number of amides is 1.